The Bertz CT molecular complexity index is 636. The van der Waals surface area contributed by atoms with Crippen LogP contribution in [0.15, 0.2) is 24.3 Å². The molecule has 0 aliphatic heterocycles. The Morgan fingerprint density at radius 1 is 1.35 bits per heavy atom. The second-order valence-corrected chi connectivity index (χ2v) is 6.46. The number of rotatable bonds is 2. The van der Waals surface area contributed by atoms with Gasteiger partial charge in [-0.25, -0.2) is 0 Å². The van der Waals surface area contributed by atoms with Crippen molar-refractivity contribution in [2.75, 3.05) is 0 Å². The summed E-state index contributed by atoms with van der Waals surface area (Å²) in [5, 5.41) is 3.12. The first-order chi connectivity index (χ1) is 7.88. The summed E-state index contributed by atoms with van der Waals surface area (Å²) in [7, 11) is -3.60. The lowest BCUT2D eigenvalue weighted by Gasteiger charge is -2.07. The topological polar surface area (TPSA) is 98.2 Å². The molecule has 0 aliphatic rings. The van der Waals surface area contributed by atoms with Gasteiger partial charge in [0.15, 0.2) is 0 Å². The van der Waals surface area contributed by atoms with Gasteiger partial charge in [-0.05, 0) is 6.07 Å². The molecule has 1 amide bonds. The molecule has 2 aromatic rings. The molecular formula is C9H9ClN3O2PS. The molecule has 0 bridgehead atoms. The number of carbonyl (C=O) groups excluding carboxylic acids is 1. The van der Waals surface area contributed by atoms with Gasteiger partial charge in [0.2, 0.25) is 0 Å². The zero-order valence-electron chi connectivity index (χ0n) is 8.51. The average molecular weight is 290 g/mol. The van der Waals surface area contributed by atoms with Gasteiger partial charge in [-0.2, -0.15) is 0 Å². The summed E-state index contributed by atoms with van der Waals surface area (Å²) in [5.74, 6) is -0.621. The van der Waals surface area contributed by atoms with Crippen LogP contribution in [0.25, 0.3) is 10.1 Å². The summed E-state index contributed by atoms with van der Waals surface area (Å²) in [5.41, 5.74) is 10.2. The third-order valence-electron chi connectivity index (χ3n) is 2.02. The smallest absolute Gasteiger partial charge is 0.278 e. The highest BCUT2D eigenvalue weighted by molar-refractivity contribution is 7.57. The summed E-state index contributed by atoms with van der Waals surface area (Å²) >= 11 is 7.26. The van der Waals surface area contributed by atoms with Gasteiger partial charge in [0.25, 0.3) is 5.91 Å². The summed E-state index contributed by atoms with van der Waals surface area (Å²) < 4.78 is 12.0. The quantitative estimate of drug-likeness (QED) is 0.739. The van der Waals surface area contributed by atoms with Crippen LogP contribution >= 0.6 is 30.5 Å². The molecular weight excluding hydrogens is 281 g/mol. The van der Waals surface area contributed by atoms with Crippen molar-refractivity contribution >= 4 is 46.5 Å². The maximum atomic E-state index is 11.7. The van der Waals surface area contributed by atoms with E-state index in [0.29, 0.717) is 5.02 Å². The normalized spacial score (nSPS) is 11.7. The molecule has 0 fully saturated rings. The second-order valence-electron chi connectivity index (χ2n) is 3.39. The molecule has 0 spiro atoms. The molecule has 5 N–H and O–H groups in total. The molecule has 0 saturated carbocycles. The molecule has 1 aromatic heterocycles. The Hall–Kier alpha value is -0.910. The van der Waals surface area contributed by atoms with E-state index in [4.69, 9.17) is 22.6 Å². The minimum Gasteiger partial charge on any atom is -0.278 e. The average Bonchev–Trinajstić information content (AvgIpc) is 2.55. The first kappa shape index (κ1) is 12.5. The highest BCUT2D eigenvalue weighted by Gasteiger charge is 2.20. The summed E-state index contributed by atoms with van der Waals surface area (Å²) in [6.07, 6.45) is 0. The largest absolute Gasteiger partial charge is 0.300 e. The molecule has 17 heavy (non-hydrogen) atoms. The maximum Gasteiger partial charge on any atom is 0.300 e. The molecule has 8 heteroatoms. The third-order valence-corrected chi connectivity index (χ3v) is 4.24. The number of thiophene rings is 1. The predicted octanol–water partition coefficient (Wildman–Crippen LogP) is 2.31. The van der Waals surface area contributed by atoms with Crippen LogP contribution in [0.4, 0.5) is 0 Å². The number of nitrogens with one attached hydrogen (secondary N) is 1. The first-order valence-corrected chi connectivity index (χ1v) is 7.59. The van der Waals surface area contributed by atoms with Gasteiger partial charge >= 0.3 is 7.59 Å². The Morgan fingerprint density at radius 2 is 2.00 bits per heavy atom. The molecule has 1 aromatic carbocycles. The fraction of sp³-hybridized carbons (Fsp3) is 0. The lowest BCUT2D eigenvalue weighted by Crippen LogP contribution is -2.27. The minimum atomic E-state index is -3.60. The Morgan fingerprint density at radius 3 is 2.59 bits per heavy atom. The van der Waals surface area contributed by atoms with Crippen LogP contribution in [0.1, 0.15) is 9.67 Å². The van der Waals surface area contributed by atoms with Crippen molar-refractivity contribution in [3.8, 4) is 0 Å². The fourth-order valence-corrected chi connectivity index (χ4v) is 3.29. The molecule has 1 heterocycles. The van der Waals surface area contributed by atoms with E-state index in [9.17, 15) is 9.36 Å². The Balaban J connectivity index is 2.46. The molecule has 0 saturated heterocycles. The van der Waals surface area contributed by atoms with Crippen LogP contribution < -0.4 is 16.1 Å². The highest BCUT2D eigenvalue weighted by Crippen LogP contribution is 2.36. The van der Waals surface area contributed by atoms with E-state index in [1.807, 2.05) is 23.3 Å². The van der Waals surface area contributed by atoms with Crippen LogP contribution in [0, 0.1) is 0 Å². The van der Waals surface area contributed by atoms with E-state index in [1.54, 1.807) is 6.07 Å². The van der Waals surface area contributed by atoms with Gasteiger partial charge in [0.05, 0.1) is 5.02 Å². The van der Waals surface area contributed by atoms with Gasteiger partial charge in [0.1, 0.15) is 4.88 Å². The number of fused-ring (bicyclic) bond motifs is 1. The van der Waals surface area contributed by atoms with E-state index < -0.39 is 13.5 Å². The summed E-state index contributed by atoms with van der Waals surface area (Å²) in [4.78, 5) is 12.0. The van der Waals surface area contributed by atoms with Crippen LogP contribution in [-0.4, -0.2) is 5.91 Å². The number of nitrogens with two attached hydrogens (primary N) is 2. The Kier molecular flexibility index (Phi) is 3.25. The second kappa shape index (κ2) is 4.40. The van der Waals surface area contributed by atoms with Crippen LogP contribution in [-0.2, 0) is 4.57 Å². The third kappa shape index (κ3) is 2.68. The zero-order chi connectivity index (χ0) is 12.6. The van der Waals surface area contributed by atoms with E-state index >= 15 is 0 Å². The number of carbonyl (C=O) groups is 1. The van der Waals surface area contributed by atoms with Crippen LogP contribution in [0.5, 0.6) is 0 Å². The van der Waals surface area contributed by atoms with Gasteiger partial charge in [-0.1, -0.05) is 29.8 Å². The van der Waals surface area contributed by atoms with E-state index in [1.165, 1.54) is 11.3 Å². The SMILES string of the molecule is NP(N)(=O)NC(=O)c1sc2ccccc2c1Cl. The number of hydrogen-bond donors (Lipinski definition) is 3. The lowest BCUT2D eigenvalue weighted by atomic mass is 10.2. The fourth-order valence-electron chi connectivity index (χ4n) is 1.37. The molecule has 0 aliphatic carbocycles. The Labute approximate surface area is 106 Å². The van der Waals surface area contributed by atoms with Crippen molar-refractivity contribution in [2.45, 2.75) is 0 Å². The standard InChI is InChI=1S/C9H9ClN3O2PS/c10-7-5-3-1-2-4-6(5)17-8(7)9(14)13-16(11,12)15/h1-4H,(H5,11,12,13,14,15). The van der Waals surface area contributed by atoms with Crippen molar-refractivity contribution in [3.63, 3.8) is 0 Å². The monoisotopic (exact) mass is 289 g/mol. The van der Waals surface area contributed by atoms with Crippen LogP contribution in [0.3, 0.4) is 0 Å². The van der Waals surface area contributed by atoms with Gasteiger partial charge < -0.3 is 0 Å². The van der Waals surface area contributed by atoms with Crippen molar-refractivity contribution in [3.05, 3.63) is 34.2 Å². The van der Waals surface area contributed by atoms with E-state index in [-0.39, 0.29) is 4.88 Å². The molecule has 0 unspecified atom stereocenters. The van der Waals surface area contributed by atoms with Gasteiger partial charge in [-0.3, -0.25) is 25.5 Å². The maximum absolute atomic E-state index is 11.7. The van der Waals surface area contributed by atoms with Gasteiger partial charge in [0, 0.05) is 10.1 Å². The van der Waals surface area contributed by atoms with E-state index in [2.05, 4.69) is 0 Å². The molecule has 0 radical (unpaired) electrons. The van der Waals surface area contributed by atoms with Crippen LogP contribution in [0.2, 0.25) is 5.02 Å². The number of amides is 1. The van der Waals surface area contributed by atoms with Gasteiger partial charge in [-0.15, -0.1) is 11.3 Å². The minimum absolute atomic E-state index is 0.254. The highest BCUT2D eigenvalue weighted by atomic mass is 35.5. The number of halogens is 1. The van der Waals surface area contributed by atoms with Crippen molar-refractivity contribution in [1.29, 1.82) is 0 Å². The molecule has 5 nitrogen and oxygen atoms in total. The zero-order valence-corrected chi connectivity index (χ0v) is 11.0. The molecule has 90 valence electrons. The number of hydrogen-bond acceptors (Lipinski definition) is 3. The lowest BCUT2D eigenvalue weighted by molar-refractivity contribution is 0.0984. The van der Waals surface area contributed by atoms with Crippen molar-refractivity contribution in [1.82, 2.24) is 5.09 Å². The number of benzene rings is 1. The summed E-state index contributed by atoms with van der Waals surface area (Å²) in [6, 6.07) is 7.30. The molecule has 2 rings (SSSR count). The van der Waals surface area contributed by atoms with Crippen molar-refractivity contribution < 1.29 is 9.36 Å². The predicted molar refractivity (Wildman–Crippen MR) is 70.3 cm³/mol. The van der Waals surface area contributed by atoms with E-state index in [0.717, 1.165) is 10.1 Å². The van der Waals surface area contributed by atoms with Crippen molar-refractivity contribution in [2.24, 2.45) is 11.0 Å². The molecule has 0 atom stereocenters. The summed E-state index contributed by atoms with van der Waals surface area (Å²) in [6.45, 7) is 0. The first-order valence-electron chi connectivity index (χ1n) is 4.55.